The van der Waals surface area contributed by atoms with E-state index in [1.54, 1.807) is 32.9 Å². The Hall–Kier alpha value is -0.390. The Morgan fingerprint density at radius 1 is 1.35 bits per heavy atom. The zero-order valence-corrected chi connectivity index (χ0v) is 12.6. The van der Waals surface area contributed by atoms with E-state index >= 15 is 0 Å². The minimum absolute atomic E-state index is 0.0617. The molecule has 0 atom stereocenters. The van der Waals surface area contributed by atoms with E-state index < -0.39 is 15.3 Å². The van der Waals surface area contributed by atoms with Gasteiger partial charge in [-0.15, -0.1) is 0 Å². The average molecular weight is 321 g/mol. The van der Waals surface area contributed by atoms with Gasteiger partial charge in [-0.1, -0.05) is 35.8 Å². The molecular weight excluding hydrogens is 304 g/mol. The Balaban J connectivity index is 3.18. The maximum absolute atomic E-state index is 12.2. The maximum Gasteiger partial charge on any atom is 0.179 e. The molecule has 0 amide bonds. The Kier molecular flexibility index (Phi) is 4.38. The molecule has 3 nitrogen and oxygen atoms in total. The summed E-state index contributed by atoms with van der Waals surface area (Å²) < 4.78 is 25.2. The molecule has 0 saturated heterocycles. The second-order valence-electron chi connectivity index (χ2n) is 4.99. The quantitative estimate of drug-likeness (QED) is 0.927. The summed E-state index contributed by atoms with van der Waals surface area (Å²) >= 11 is 3.27. The van der Waals surface area contributed by atoms with Crippen molar-refractivity contribution >= 4 is 25.8 Å². The normalized spacial score (nSPS) is 12.8. The van der Waals surface area contributed by atoms with Gasteiger partial charge in [0.1, 0.15) is 0 Å². The number of benzene rings is 1. The van der Waals surface area contributed by atoms with Gasteiger partial charge in [-0.3, -0.25) is 0 Å². The predicted octanol–water partition coefficient (Wildman–Crippen LogP) is 2.55. The van der Waals surface area contributed by atoms with Crippen molar-refractivity contribution in [3.63, 3.8) is 0 Å². The standard InChI is InChI=1S/C12H17BrO3S/c1-9-4-5-10(13)6-11(9)17(15,16)8-12(2,3)7-14/h4-6,14H,7-8H2,1-3H3. The first-order chi connectivity index (χ1) is 7.68. The highest BCUT2D eigenvalue weighted by Gasteiger charge is 2.28. The summed E-state index contributed by atoms with van der Waals surface area (Å²) in [5, 5.41) is 9.15. The van der Waals surface area contributed by atoms with E-state index in [1.807, 2.05) is 6.07 Å². The molecule has 0 aliphatic carbocycles. The van der Waals surface area contributed by atoms with Crippen LogP contribution < -0.4 is 0 Å². The summed E-state index contributed by atoms with van der Waals surface area (Å²) in [6.07, 6.45) is 0. The van der Waals surface area contributed by atoms with Crippen LogP contribution in [0.3, 0.4) is 0 Å². The lowest BCUT2D eigenvalue weighted by Crippen LogP contribution is -2.28. The summed E-state index contributed by atoms with van der Waals surface area (Å²) in [7, 11) is -3.37. The van der Waals surface area contributed by atoms with Crippen LogP contribution in [0.15, 0.2) is 27.6 Å². The number of halogens is 1. The Bertz CT molecular complexity index is 506. The molecule has 0 aliphatic heterocycles. The number of aliphatic hydroxyl groups excluding tert-OH is 1. The SMILES string of the molecule is Cc1ccc(Br)cc1S(=O)(=O)CC(C)(C)CO. The second kappa shape index (κ2) is 5.08. The van der Waals surface area contributed by atoms with E-state index in [1.165, 1.54) is 0 Å². The van der Waals surface area contributed by atoms with Gasteiger partial charge < -0.3 is 5.11 Å². The van der Waals surface area contributed by atoms with E-state index in [2.05, 4.69) is 15.9 Å². The third kappa shape index (κ3) is 3.79. The lowest BCUT2D eigenvalue weighted by Gasteiger charge is -2.21. The first-order valence-corrected chi connectivity index (χ1v) is 7.72. The first kappa shape index (κ1) is 14.7. The van der Waals surface area contributed by atoms with Crippen LogP contribution >= 0.6 is 15.9 Å². The molecule has 0 aromatic heterocycles. The molecule has 0 bridgehead atoms. The lowest BCUT2D eigenvalue weighted by molar-refractivity contribution is 0.179. The molecule has 0 saturated carbocycles. The van der Waals surface area contributed by atoms with Gasteiger partial charge in [0.05, 0.1) is 10.6 Å². The molecule has 96 valence electrons. The summed E-state index contributed by atoms with van der Waals surface area (Å²) in [5.41, 5.74) is 0.0927. The highest BCUT2D eigenvalue weighted by atomic mass is 79.9. The number of rotatable bonds is 4. The highest BCUT2D eigenvalue weighted by molar-refractivity contribution is 9.10. The molecule has 0 fully saturated rings. The molecule has 1 aromatic carbocycles. The number of aliphatic hydroxyl groups is 1. The topological polar surface area (TPSA) is 54.4 Å². The van der Waals surface area contributed by atoms with Crippen molar-refractivity contribution in [2.45, 2.75) is 25.7 Å². The average Bonchev–Trinajstić information content (AvgIpc) is 2.20. The van der Waals surface area contributed by atoms with E-state index in [4.69, 9.17) is 5.11 Å². The molecule has 0 spiro atoms. The predicted molar refractivity (Wildman–Crippen MR) is 71.8 cm³/mol. The largest absolute Gasteiger partial charge is 0.396 e. The van der Waals surface area contributed by atoms with Crippen LogP contribution in [0.25, 0.3) is 0 Å². The van der Waals surface area contributed by atoms with Crippen molar-refractivity contribution in [3.05, 3.63) is 28.2 Å². The van der Waals surface area contributed by atoms with Crippen molar-refractivity contribution in [1.82, 2.24) is 0 Å². The third-order valence-electron chi connectivity index (χ3n) is 2.49. The molecule has 1 aromatic rings. The van der Waals surface area contributed by atoms with Crippen molar-refractivity contribution < 1.29 is 13.5 Å². The molecule has 0 unspecified atom stereocenters. The fourth-order valence-corrected chi connectivity index (χ4v) is 4.20. The van der Waals surface area contributed by atoms with Crippen LogP contribution in [-0.4, -0.2) is 25.9 Å². The van der Waals surface area contributed by atoms with Crippen molar-refractivity contribution in [2.24, 2.45) is 5.41 Å². The molecule has 1 N–H and O–H groups in total. The van der Waals surface area contributed by atoms with Crippen LogP contribution in [0.5, 0.6) is 0 Å². The second-order valence-corrected chi connectivity index (χ2v) is 7.86. The van der Waals surface area contributed by atoms with Gasteiger partial charge in [-0.2, -0.15) is 0 Å². The van der Waals surface area contributed by atoms with Crippen LogP contribution in [0.4, 0.5) is 0 Å². The van der Waals surface area contributed by atoms with Crippen molar-refractivity contribution in [3.8, 4) is 0 Å². The summed E-state index contributed by atoms with van der Waals surface area (Å²) in [5.74, 6) is -0.0617. The van der Waals surface area contributed by atoms with Gasteiger partial charge in [-0.25, -0.2) is 8.42 Å². The van der Waals surface area contributed by atoms with Gasteiger partial charge in [0.25, 0.3) is 0 Å². The number of hydrogen-bond acceptors (Lipinski definition) is 3. The number of sulfone groups is 1. The van der Waals surface area contributed by atoms with Gasteiger partial charge >= 0.3 is 0 Å². The van der Waals surface area contributed by atoms with E-state index in [0.29, 0.717) is 4.90 Å². The molecule has 5 heteroatoms. The van der Waals surface area contributed by atoms with Crippen molar-refractivity contribution in [2.75, 3.05) is 12.4 Å². The zero-order chi connectivity index (χ0) is 13.3. The number of hydrogen-bond donors (Lipinski definition) is 1. The van der Waals surface area contributed by atoms with Gasteiger partial charge in [0.2, 0.25) is 0 Å². The maximum atomic E-state index is 12.2. The first-order valence-electron chi connectivity index (χ1n) is 5.28. The van der Waals surface area contributed by atoms with Gasteiger partial charge in [0, 0.05) is 16.5 Å². The number of aryl methyl sites for hydroxylation is 1. The smallest absolute Gasteiger partial charge is 0.179 e. The zero-order valence-electron chi connectivity index (χ0n) is 10.2. The molecule has 0 radical (unpaired) electrons. The van der Waals surface area contributed by atoms with Crippen LogP contribution in [0.2, 0.25) is 0 Å². The highest BCUT2D eigenvalue weighted by Crippen LogP contribution is 2.26. The fraction of sp³-hybridized carbons (Fsp3) is 0.500. The van der Waals surface area contributed by atoms with Gasteiger partial charge in [0.15, 0.2) is 9.84 Å². The van der Waals surface area contributed by atoms with E-state index in [0.717, 1.165) is 10.0 Å². The summed E-state index contributed by atoms with van der Waals surface area (Å²) in [6.45, 7) is 5.08. The fourth-order valence-electron chi connectivity index (χ4n) is 1.55. The van der Waals surface area contributed by atoms with Crippen LogP contribution in [0, 0.1) is 12.3 Å². The minimum atomic E-state index is -3.37. The Morgan fingerprint density at radius 3 is 2.47 bits per heavy atom. The van der Waals surface area contributed by atoms with Crippen LogP contribution in [-0.2, 0) is 9.84 Å². The van der Waals surface area contributed by atoms with E-state index in [-0.39, 0.29) is 12.4 Å². The summed E-state index contributed by atoms with van der Waals surface area (Å²) in [4.78, 5) is 0.327. The minimum Gasteiger partial charge on any atom is -0.396 e. The van der Waals surface area contributed by atoms with Crippen LogP contribution in [0.1, 0.15) is 19.4 Å². The third-order valence-corrected chi connectivity index (χ3v) is 5.26. The lowest BCUT2D eigenvalue weighted by atomic mass is 9.98. The molecule has 1 rings (SSSR count). The van der Waals surface area contributed by atoms with Gasteiger partial charge in [-0.05, 0) is 24.6 Å². The molecule has 0 heterocycles. The van der Waals surface area contributed by atoms with E-state index in [9.17, 15) is 8.42 Å². The van der Waals surface area contributed by atoms with Crippen molar-refractivity contribution in [1.29, 1.82) is 0 Å². The Labute approximate surface area is 111 Å². The molecule has 17 heavy (non-hydrogen) atoms. The molecular formula is C12H17BrO3S. The Morgan fingerprint density at radius 2 is 1.94 bits per heavy atom. The summed E-state index contributed by atoms with van der Waals surface area (Å²) in [6, 6.07) is 5.19. The monoisotopic (exact) mass is 320 g/mol. The molecule has 0 aliphatic rings.